The molecule has 3 heteroatoms. The van der Waals surface area contributed by atoms with Gasteiger partial charge >= 0.3 is 0 Å². The molecule has 190 valence electrons. The molecule has 5 fully saturated rings. The minimum Gasteiger partial charge on any atom is -0.395 e. The summed E-state index contributed by atoms with van der Waals surface area (Å²) in [6, 6.07) is 0. The second-order valence-corrected chi connectivity index (χ2v) is 14.3. The number of nitrogens with zero attached hydrogens (tertiary/aromatic N) is 1. The average Bonchev–Trinajstić information content (AvgIpc) is 3.17. The molecule has 0 aromatic carbocycles. The Labute approximate surface area is 208 Å². The number of aliphatic hydroxyl groups excluding tert-OH is 1. The van der Waals surface area contributed by atoms with Crippen LogP contribution in [0.2, 0.25) is 0 Å². The average molecular weight is 468 g/mol. The molecule has 0 aromatic rings. The summed E-state index contributed by atoms with van der Waals surface area (Å²) in [5.74, 6) is 3.27. The van der Waals surface area contributed by atoms with E-state index in [2.05, 4.69) is 52.4 Å². The van der Waals surface area contributed by atoms with Crippen molar-refractivity contribution < 1.29 is 9.90 Å². The van der Waals surface area contributed by atoms with Gasteiger partial charge in [-0.2, -0.15) is 0 Å². The van der Waals surface area contributed by atoms with Gasteiger partial charge in [0.2, 0.25) is 0 Å². The quantitative estimate of drug-likeness (QED) is 0.363. The predicted molar refractivity (Wildman–Crippen MR) is 140 cm³/mol. The normalized spacial score (nSPS) is 54.8. The summed E-state index contributed by atoms with van der Waals surface area (Å²) in [6.45, 7) is 16.6. The Morgan fingerprint density at radius 1 is 1.00 bits per heavy atom. The molecule has 1 N–H and O–H groups in total. The first-order valence-corrected chi connectivity index (χ1v) is 14.2. The second-order valence-electron chi connectivity index (χ2n) is 14.3. The van der Waals surface area contributed by atoms with Crippen LogP contribution in [0.25, 0.3) is 0 Å². The summed E-state index contributed by atoms with van der Waals surface area (Å²) in [4.78, 5) is 17.6. The van der Waals surface area contributed by atoms with Crippen LogP contribution in [0.4, 0.5) is 0 Å². The Morgan fingerprint density at radius 3 is 2.38 bits per heavy atom. The summed E-state index contributed by atoms with van der Waals surface area (Å²) in [6.07, 6.45) is 14.0. The lowest BCUT2D eigenvalue weighted by molar-refractivity contribution is -0.232. The fourth-order valence-electron chi connectivity index (χ4n) is 11.5. The molecular weight excluding hydrogens is 418 g/mol. The molecule has 5 aliphatic rings. The van der Waals surface area contributed by atoms with E-state index >= 15 is 0 Å². The van der Waals surface area contributed by atoms with Crippen molar-refractivity contribution in [1.29, 1.82) is 0 Å². The summed E-state index contributed by atoms with van der Waals surface area (Å²) < 4.78 is 0. The van der Waals surface area contributed by atoms with Gasteiger partial charge in [-0.1, -0.05) is 39.8 Å². The molecular formula is C31H49NO2. The number of rotatable bonds is 3. The Hall–Kier alpha value is -0.960. The summed E-state index contributed by atoms with van der Waals surface area (Å²) >= 11 is 0. The zero-order valence-electron chi connectivity index (χ0n) is 22.8. The lowest BCUT2D eigenvalue weighted by atomic mass is 9.32. The van der Waals surface area contributed by atoms with E-state index in [9.17, 15) is 9.90 Å². The lowest BCUT2D eigenvalue weighted by Gasteiger charge is -2.72. The van der Waals surface area contributed by atoms with Gasteiger partial charge in [-0.15, -0.1) is 0 Å². The van der Waals surface area contributed by atoms with E-state index in [1.54, 1.807) is 0 Å². The highest BCUT2D eigenvalue weighted by atomic mass is 16.3. The van der Waals surface area contributed by atoms with Crippen LogP contribution in [-0.4, -0.2) is 30.8 Å². The van der Waals surface area contributed by atoms with E-state index in [0.29, 0.717) is 41.3 Å². The first-order valence-electron chi connectivity index (χ1n) is 14.2. The van der Waals surface area contributed by atoms with E-state index in [1.807, 2.05) is 7.05 Å². The van der Waals surface area contributed by atoms with Gasteiger partial charge in [-0.3, -0.25) is 4.79 Å². The molecule has 3 nitrogen and oxygen atoms in total. The van der Waals surface area contributed by atoms with Crippen molar-refractivity contribution >= 4 is 12.0 Å². The Balaban J connectivity index is 1.56. The highest BCUT2D eigenvalue weighted by molar-refractivity contribution is 5.86. The molecule has 0 heterocycles. The van der Waals surface area contributed by atoms with Crippen LogP contribution in [0.5, 0.6) is 0 Å². The predicted octanol–water partition coefficient (Wildman–Crippen LogP) is 6.89. The minimum absolute atomic E-state index is 0.0106. The maximum Gasteiger partial charge on any atom is 0.141 e. The molecule has 5 aliphatic carbocycles. The molecule has 0 bridgehead atoms. The molecule has 3 unspecified atom stereocenters. The van der Waals surface area contributed by atoms with E-state index in [-0.39, 0.29) is 22.9 Å². The topological polar surface area (TPSA) is 49.7 Å². The molecule has 34 heavy (non-hydrogen) atoms. The number of Topliss-reactive ketones (excluding diaryl/α,β-unsaturated/α-hetero) is 1. The zero-order valence-corrected chi connectivity index (χ0v) is 22.8. The van der Waals surface area contributed by atoms with E-state index in [4.69, 9.17) is 0 Å². The number of hydrogen-bond acceptors (Lipinski definition) is 3. The smallest absolute Gasteiger partial charge is 0.141 e. The molecule has 0 aliphatic heterocycles. The number of allylic oxidation sites excluding steroid dienone is 1. The third-order valence-corrected chi connectivity index (χ3v) is 13.4. The number of ketones is 1. The Morgan fingerprint density at radius 2 is 1.74 bits per heavy atom. The number of aliphatic hydroxyl groups is 1. The second kappa shape index (κ2) is 7.77. The first kappa shape index (κ1) is 24.7. The van der Waals surface area contributed by atoms with Crippen molar-refractivity contribution in [1.82, 2.24) is 0 Å². The van der Waals surface area contributed by atoms with Crippen LogP contribution in [0, 0.1) is 56.7 Å². The van der Waals surface area contributed by atoms with Gasteiger partial charge in [0.25, 0.3) is 0 Å². The fourth-order valence-corrected chi connectivity index (χ4v) is 11.5. The molecule has 0 radical (unpaired) electrons. The van der Waals surface area contributed by atoms with E-state index in [0.717, 1.165) is 18.8 Å². The fraction of sp³-hybridized carbons (Fsp3) is 0.871. The highest BCUT2D eigenvalue weighted by Crippen LogP contribution is 2.77. The van der Waals surface area contributed by atoms with E-state index in [1.165, 1.54) is 50.5 Å². The largest absolute Gasteiger partial charge is 0.395 e. The van der Waals surface area contributed by atoms with E-state index < -0.39 is 5.41 Å². The number of carbonyl (C=O) groups excluding carboxylic acids is 1. The van der Waals surface area contributed by atoms with Crippen molar-refractivity contribution in [2.75, 3.05) is 13.7 Å². The maximum atomic E-state index is 13.0. The van der Waals surface area contributed by atoms with Crippen molar-refractivity contribution in [2.24, 2.45) is 61.7 Å². The summed E-state index contributed by atoms with van der Waals surface area (Å²) in [5, 5.41) is 10.4. The van der Waals surface area contributed by atoms with Gasteiger partial charge in [0.1, 0.15) is 5.78 Å². The van der Waals surface area contributed by atoms with Gasteiger partial charge in [0.05, 0.1) is 12.0 Å². The standard InChI is InChI=1S/C31H49NO2/c1-20(2)21-10-15-31(18-32-7)17-16-29(5)22(26(21)31)8-9-24-27(3)13-12-25(34)28(4,19-33)23(27)11-14-30(24,29)6/h18,21-24,26,33H,1,8-17,19H2,2-7H3/t21-,22?,23+,24?,26?,27-,28-,29+,30+,31+/m0/s1. The van der Waals surface area contributed by atoms with Crippen LogP contribution in [0.3, 0.4) is 0 Å². The summed E-state index contributed by atoms with van der Waals surface area (Å²) in [5.41, 5.74) is 1.84. The zero-order chi connectivity index (χ0) is 24.7. The van der Waals surface area contributed by atoms with Crippen LogP contribution < -0.4 is 0 Å². The van der Waals surface area contributed by atoms with Crippen LogP contribution >= 0.6 is 0 Å². The highest BCUT2D eigenvalue weighted by Gasteiger charge is 2.71. The van der Waals surface area contributed by atoms with Crippen molar-refractivity contribution in [3.63, 3.8) is 0 Å². The van der Waals surface area contributed by atoms with Gasteiger partial charge in [0, 0.05) is 25.1 Å². The molecule has 0 saturated heterocycles. The van der Waals surface area contributed by atoms with Crippen molar-refractivity contribution in [3.05, 3.63) is 12.2 Å². The molecule has 5 saturated carbocycles. The van der Waals surface area contributed by atoms with Crippen LogP contribution in [0.15, 0.2) is 17.1 Å². The molecule has 0 aromatic heterocycles. The Kier molecular flexibility index (Phi) is 5.65. The molecule has 5 rings (SSSR count). The van der Waals surface area contributed by atoms with Gasteiger partial charge < -0.3 is 10.1 Å². The number of hydrogen-bond donors (Lipinski definition) is 1. The first-order chi connectivity index (χ1) is 15.9. The Bertz CT molecular complexity index is 909. The van der Waals surface area contributed by atoms with Crippen molar-refractivity contribution in [3.8, 4) is 0 Å². The van der Waals surface area contributed by atoms with Crippen LogP contribution in [-0.2, 0) is 4.79 Å². The third-order valence-electron chi connectivity index (χ3n) is 13.4. The number of aliphatic imine (C=N–C) groups is 1. The number of carbonyl (C=O) groups is 1. The van der Waals surface area contributed by atoms with Gasteiger partial charge in [0.15, 0.2) is 0 Å². The number of fused-ring (bicyclic) bond motifs is 7. The lowest BCUT2D eigenvalue weighted by Crippen LogP contribution is -2.67. The van der Waals surface area contributed by atoms with Gasteiger partial charge in [-0.25, -0.2) is 0 Å². The van der Waals surface area contributed by atoms with Crippen molar-refractivity contribution in [2.45, 2.75) is 98.8 Å². The monoisotopic (exact) mass is 467 g/mol. The SMILES string of the molecule is C=C(C)[C@@H]1CC[C@]2(C=NC)CC[C@]3(C)C(CCC4[C@@]5(C)CCC(=O)[C@@](C)(CO)[C@@H]5CC[C@]43C)C12. The summed E-state index contributed by atoms with van der Waals surface area (Å²) in [7, 11) is 1.97. The molecule has 0 spiro atoms. The molecule has 0 amide bonds. The molecule has 10 atom stereocenters. The minimum atomic E-state index is -0.554. The third kappa shape index (κ3) is 2.86. The maximum absolute atomic E-state index is 13.0. The van der Waals surface area contributed by atoms with Crippen LogP contribution in [0.1, 0.15) is 98.8 Å². The van der Waals surface area contributed by atoms with Gasteiger partial charge in [-0.05, 0) is 111 Å².